The minimum Gasteiger partial charge on any atom is -0.424 e. The molecule has 0 bridgehead atoms. The second kappa shape index (κ2) is 40.6. The van der Waals surface area contributed by atoms with Gasteiger partial charge in [0.1, 0.15) is 78.6 Å². The summed E-state index contributed by atoms with van der Waals surface area (Å²) in [5.41, 5.74) is 7.56. The number of rotatable bonds is 22. The molecule has 0 spiro atoms. The molecule has 1 fully saturated rings. The number of ether oxygens (including phenoxy) is 1. The van der Waals surface area contributed by atoms with Gasteiger partial charge in [-0.05, 0) is 133 Å². The number of aliphatic hydroxyl groups is 1. The normalized spacial score (nSPS) is 25.5. The molecule has 7 N–H and O–H groups in total. The number of aromatic nitrogens is 1. The highest BCUT2D eigenvalue weighted by atomic mass is 16.6. The maximum atomic E-state index is 15.3. The standard InChI is InChI=1S/C73H122N14O15/c1-25-27-30-45(13)61(88)60-65(92)78-51(26-2)68(95)81(18)48(16)67(94)86(23)59(49(17)100-34-29-28-33-75-101-39-50-31-32-56-52(38-50)79-73(74)102-56)64(91)80-57(43(9)10)71(98)82(19)53(35-40(3)4)63(90)76-46(14)62(89)77-47(15)66(93)83(20)54(36-41(5)6)69(96)84(21)55(37-42(7)8)70(97)85(22)58(44(11)12)72(99)87(60)24/h25,27,31-33,38,40-49,51,53-55,57-61,88H,26,28-30,34-37,39H2,1-24H3,(H2,74,79)(H,76,90)(H,77,89)(H,78,92)(H,80,91)/b27-25+,75-33+/t45-,46+,47+,48-,49-,51+,53-,54+,55-,57+,58+,59+,60+,61-/m1/s1. The maximum Gasteiger partial charge on any atom is 0.292 e. The van der Waals surface area contributed by atoms with Crippen LogP contribution in [-0.4, -0.2) is 250 Å². The lowest BCUT2D eigenvalue weighted by Gasteiger charge is -2.41. The number of allylic oxidation sites excluding steroid dienone is 2. The Morgan fingerprint density at radius 1 is 0.588 bits per heavy atom. The zero-order valence-electron chi connectivity index (χ0n) is 65.1. The molecule has 1 saturated heterocycles. The number of nitrogens with one attached hydrogen (secondary N) is 4. The number of likely N-dealkylation sites (N-methyl/N-ethyl adjacent to an activating group) is 7. The molecular formula is C73H122N14O15. The molecule has 2 heterocycles. The predicted octanol–water partition coefficient (Wildman–Crippen LogP) is 4.72. The van der Waals surface area contributed by atoms with E-state index in [1.165, 1.54) is 89.7 Å². The van der Waals surface area contributed by atoms with Crippen LogP contribution in [0.15, 0.2) is 39.9 Å². The summed E-state index contributed by atoms with van der Waals surface area (Å²) in [7, 11) is 9.78. The monoisotopic (exact) mass is 1430 g/mol. The zero-order valence-corrected chi connectivity index (χ0v) is 65.1. The molecule has 29 nitrogen and oxygen atoms in total. The number of benzene rings is 1. The topological polar surface area (TPSA) is 362 Å². The van der Waals surface area contributed by atoms with Crippen molar-refractivity contribution < 1.29 is 71.8 Å². The highest BCUT2D eigenvalue weighted by molar-refractivity contribution is 6.00. The second-order valence-corrected chi connectivity index (χ2v) is 29.4. The van der Waals surface area contributed by atoms with Gasteiger partial charge < -0.3 is 80.4 Å². The van der Waals surface area contributed by atoms with Crippen LogP contribution in [0.3, 0.4) is 0 Å². The van der Waals surface area contributed by atoms with Gasteiger partial charge in [-0.25, -0.2) is 0 Å². The van der Waals surface area contributed by atoms with Crippen molar-refractivity contribution in [2.75, 3.05) is 61.7 Å². The van der Waals surface area contributed by atoms with E-state index in [1.807, 2.05) is 41.5 Å². The van der Waals surface area contributed by atoms with Crippen molar-refractivity contribution in [2.45, 2.75) is 248 Å². The Hall–Kier alpha value is -8.21. The molecule has 574 valence electrons. The van der Waals surface area contributed by atoms with Crippen LogP contribution in [0, 0.1) is 35.5 Å². The van der Waals surface area contributed by atoms with Gasteiger partial charge in [-0.3, -0.25) is 52.7 Å². The van der Waals surface area contributed by atoms with Gasteiger partial charge in [-0.1, -0.05) is 106 Å². The van der Waals surface area contributed by atoms with E-state index in [1.54, 1.807) is 92.0 Å². The fourth-order valence-electron chi connectivity index (χ4n) is 12.5. The number of nitrogens with zero attached hydrogens (tertiary/aromatic N) is 9. The highest BCUT2D eigenvalue weighted by Gasteiger charge is 2.46. The van der Waals surface area contributed by atoms with Crippen LogP contribution in [0.25, 0.3) is 11.1 Å². The van der Waals surface area contributed by atoms with E-state index in [-0.39, 0.29) is 69.1 Å². The number of aliphatic hydroxyl groups excluding tert-OH is 1. The van der Waals surface area contributed by atoms with Crippen LogP contribution < -0.4 is 27.0 Å². The molecule has 2 aromatic rings. The molecule has 11 amide bonds. The fourth-order valence-corrected chi connectivity index (χ4v) is 12.5. The van der Waals surface area contributed by atoms with Crippen molar-refractivity contribution in [1.29, 1.82) is 0 Å². The van der Waals surface area contributed by atoms with Gasteiger partial charge in [0.05, 0.1) is 12.2 Å². The molecule has 14 atom stereocenters. The van der Waals surface area contributed by atoms with Crippen LogP contribution in [0.2, 0.25) is 0 Å². The maximum absolute atomic E-state index is 15.3. The number of oxazole rings is 1. The van der Waals surface area contributed by atoms with Crippen LogP contribution >= 0.6 is 0 Å². The second-order valence-electron chi connectivity index (χ2n) is 29.4. The van der Waals surface area contributed by atoms with Crippen LogP contribution in [0.4, 0.5) is 6.01 Å². The molecule has 1 aliphatic heterocycles. The van der Waals surface area contributed by atoms with Crippen LogP contribution in [0.5, 0.6) is 0 Å². The Balaban J connectivity index is 2.26. The lowest BCUT2D eigenvalue weighted by Crippen LogP contribution is -2.64. The highest BCUT2D eigenvalue weighted by Crippen LogP contribution is 2.27. The number of oxime groups is 1. The average Bonchev–Trinajstić information content (AvgIpc) is 1.00. The molecule has 0 unspecified atom stereocenters. The number of carbonyl (C=O) groups is 11. The zero-order chi connectivity index (χ0) is 77.6. The van der Waals surface area contributed by atoms with Crippen molar-refractivity contribution in [2.24, 2.45) is 40.7 Å². The smallest absolute Gasteiger partial charge is 0.292 e. The Morgan fingerprint density at radius 2 is 1.11 bits per heavy atom. The number of fused-ring (bicyclic) bond motifs is 1. The van der Waals surface area contributed by atoms with Crippen molar-refractivity contribution in [3.8, 4) is 0 Å². The Labute approximate surface area is 604 Å². The fraction of sp³-hybridized carbons (Fsp3) is 0.712. The summed E-state index contributed by atoms with van der Waals surface area (Å²) in [4.78, 5) is 182. The van der Waals surface area contributed by atoms with Gasteiger partial charge in [0, 0.05) is 62.2 Å². The van der Waals surface area contributed by atoms with Crippen molar-refractivity contribution in [3.63, 3.8) is 0 Å². The predicted molar refractivity (Wildman–Crippen MR) is 390 cm³/mol. The number of nitrogen functional groups attached to an aromatic ring is 1. The van der Waals surface area contributed by atoms with Gasteiger partial charge in [-0.15, -0.1) is 0 Å². The van der Waals surface area contributed by atoms with E-state index in [2.05, 4.69) is 31.4 Å². The van der Waals surface area contributed by atoms with Gasteiger partial charge in [0.2, 0.25) is 65.0 Å². The quantitative estimate of drug-likeness (QED) is 0.0402. The van der Waals surface area contributed by atoms with Crippen molar-refractivity contribution in [3.05, 3.63) is 35.9 Å². The van der Waals surface area contributed by atoms with E-state index < -0.39 is 161 Å². The van der Waals surface area contributed by atoms with Gasteiger partial charge in [0.25, 0.3) is 6.01 Å². The number of amides is 11. The minimum absolute atomic E-state index is 0.0357. The number of hydrogen-bond acceptors (Lipinski definition) is 18. The first-order valence-corrected chi connectivity index (χ1v) is 35.9. The van der Waals surface area contributed by atoms with Gasteiger partial charge in [-0.2, -0.15) is 4.98 Å². The third-order valence-electron chi connectivity index (χ3n) is 18.9. The van der Waals surface area contributed by atoms with Crippen LogP contribution in [-0.2, 0) is 68.9 Å². The molecule has 0 radical (unpaired) electrons. The first-order chi connectivity index (χ1) is 47.6. The Morgan fingerprint density at radius 3 is 1.66 bits per heavy atom. The third kappa shape index (κ3) is 23.9. The number of nitrogens with two attached hydrogens (primary N) is 1. The first kappa shape index (κ1) is 88.0. The first-order valence-electron chi connectivity index (χ1n) is 35.9. The van der Waals surface area contributed by atoms with Crippen LogP contribution in [0.1, 0.15) is 168 Å². The summed E-state index contributed by atoms with van der Waals surface area (Å²) >= 11 is 0. The summed E-state index contributed by atoms with van der Waals surface area (Å²) in [6.07, 6.45) is 3.85. The van der Waals surface area contributed by atoms with Crippen molar-refractivity contribution >= 4 is 88.3 Å². The van der Waals surface area contributed by atoms with E-state index in [0.29, 0.717) is 23.9 Å². The van der Waals surface area contributed by atoms with Crippen molar-refractivity contribution in [1.82, 2.24) is 60.6 Å². The molecule has 1 aromatic heterocycles. The molecule has 3 rings (SSSR count). The summed E-state index contributed by atoms with van der Waals surface area (Å²) in [6.45, 7) is 29.1. The molecule has 29 heteroatoms. The summed E-state index contributed by atoms with van der Waals surface area (Å²) in [5, 5.41) is 27.3. The van der Waals surface area contributed by atoms with E-state index in [9.17, 15) is 29.1 Å². The van der Waals surface area contributed by atoms with E-state index >= 15 is 28.8 Å². The lowest BCUT2D eigenvalue weighted by molar-refractivity contribution is -0.157. The molecule has 1 aliphatic rings. The third-order valence-corrected chi connectivity index (χ3v) is 18.9. The number of unbranched alkanes of at least 4 members (excludes halogenated alkanes) is 1. The SMILES string of the molecule is C/C=C/C[C@@H](C)[C@@H](O)[C@H]1C(=O)N[C@@H](CC)C(=O)N(C)[C@H](C)C(=O)N(C)[C@@H]([C@@H](C)OCCC/C=N/OCc2ccc3oc(N)nc3c2)C(=O)N[C@@H](C(C)C)C(=O)N(C)[C@H](CC(C)C)C(=O)N[C@@H](C)C(=O)N[C@@H](C)C(=O)N(C)[C@@H](CC(C)C)C(=O)N(C)[C@H](CC(C)C)C(=O)N(C)[C@@H](C(C)C)C(=O)N1C. The largest absolute Gasteiger partial charge is 0.424 e. The molecular weight excluding hydrogens is 1310 g/mol. The average molecular weight is 1440 g/mol. The lowest BCUT2D eigenvalue weighted by atomic mass is 9.91. The van der Waals surface area contributed by atoms with Gasteiger partial charge in [0.15, 0.2) is 5.58 Å². The van der Waals surface area contributed by atoms with Gasteiger partial charge >= 0.3 is 0 Å². The molecule has 0 saturated carbocycles. The number of carbonyl (C=O) groups excluding carboxylic acids is 11. The summed E-state index contributed by atoms with van der Waals surface area (Å²) in [6, 6.07) is -9.20. The van der Waals surface area contributed by atoms with E-state index in [4.69, 9.17) is 19.7 Å². The number of hydrogen-bond donors (Lipinski definition) is 6. The van der Waals surface area contributed by atoms with E-state index in [0.717, 1.165) is 20.3 Å². The Kier molecular flexibility index (Phi) is 35.0. The Bertz CT molecular complexity index is 3230. The summed E-state index contributed by atoms with van der Waals surface area (Å²) in [5.74, 6) is -10.5. The molecule has 1 aromatic carbocycles. The molecule has 102 heavy (non-hydrogen) atoms. The molecule has 0 aliphatic carbocycles. The number of anilines is 1. The summed E-state index contributed by atoms with van der Waals surface area (Å²) < 4.78 is 11.6. The minimum atomic E-state index is -1.66.